The third-order valence-electron chi connectivity index (χ3n) is 6.91. The highest BCUT2D eigenvalue weighted by atomic mass is 19.1. The topological polar surface area (TPSA) is 93.5 Å². The van der Waals surface area contributed by atoms with Crippen molar-refractivity contribution >= 4 is 17.8 Å². The van der Waals surface area contributed by atoms with Crippen LogP contribution in [-0.4, -0.2) is 57.3 Å². The molecule has 35 heavy (non-hydrogen) atoms. The molecule has 0 saturated heterocycles. The first kappa shape index (κ1) is 24.9. The lowest BCUT2D eigenvalue weighted by Gasteiger charge is -2.44. The molecular weight excluding hydrogens is 451 g/mol. The van der Waals surface area contributed by atoms with Gasteiger partial charge in [0.1, 0.15) is 12.4 Å². The minimum atomic E-state index is -1.78. The Morgan fingerprint density at radius 1 is 1.20 bits per heavy atom. The van der Waals surface area contributed by atoms with Crippen molar-refractivity contribution in [3.63, 3.8) is 0 Å². The first-order chi connectivity index (χ1) is 16.9. The molecule has 188 valence electrons. The quantitative estimate of drug-likeness (QED) is 0.479. The lowest BCUT2D eigenvalue weighted by Crippen LogP contribution is -2.67. The van der Waals surface area contributed by atoms with E-state index < -0.39 is 30.0 Å². The summed E-state index contributed by atoms with van der Waals surface area (Å²) >= 11 is 0. The van der Waals surface area contributed by atoms with Crippen molar-refractivity contribution in [1.29, 1.82) is 0 Å². The van der Waals surface area contributed by atoms with Gasteiger partial charge in [-0.2, -0.15) is 5.10 Å². The van der Waals surface area contributed by atoms with Gasteiger partial charge in [-0.15, -0.1) is 0 Å². The smallest absolute Gasteiger partial charge is 0.358 e. The molecule has 1 unspecified atom stereocenters. The Hall–Kier alpha value is -3.23. The van der Waals surface area contributed by atoms with Crippen molar-refractivity contribution in [2.24, 2.45) is 0 Å². The zero-order chi connectivity index (χ0) is 25.0. The SMILES string of the molecule is CCOC(=O)c1cc2n(n1)CC(CF)(C(=O)NC1CCCCCC1)N(Cc1cccc(C)c1)C2=O. The van der Waals surface area contributed by atoms with Gasteiger partial charge in [-0.1, -0.05) is 55.5 Å². The minimum absolute atomic E-state index is 0.0375. The number of carbonyl (C=O) groups is 3. The fourth-order valence-electron chi connectivity index (χ4n) is 5.01. The molecule has 0 radical (unpaired) electrons. The van der Waals surface area contributed by atoms with E-state index in [0.717, 1.165) is 49.7 Å². The van der Waals surface area contributed by atoms with Crippen LogP contribution in [0.4, 0.5) is 4.39 Å². The number of benzene rings is 1. The van der Waals surface area contributed by atoms with Crippen LogP contribution in [-0.2, 0) is 22.6 Å². The van der Waals surface area contributed by atoms with Gasteiger partial charge < -0.3 is 15.0 Å². The normalized spacial score (nSPS) is 20.8. The second-order valence-corrected chi connectivity index (χ2v) is 9.50. The van der Waals surface area contributed by atoms with E-state index in [0.29, 0.717) is 0 Å². The molecule has 1 aliphatic heterocycles. The molecule has 1 atom stereocenters. The average molecular weight is 485 g/mol. The van der Waals surface area contributed by atoms with Crippen LogP contribution in [0.15, 0.2) is 30.3 Å². The molecule has 1 N–H and O–H groups in total. The van der Waals surface area contributed by atoms with Crippen molar-refractivity contribution in [1.82, 2.24) is 20.0 Å². The number of rotatable bonds is 7. The zero-order valence-corrected chi connectivity index (χ0v) is 20.4. The number of fused-ring (bicyclic) bond motifs is 1. The molecule has 9 heteroatoms. The Bertz CT molecular complexity index is 1090. The summed E-state index contributed by atoms with van der Waals surface area (Å²) in [4.78, 5) is 41.0. The molecule has 1 fully saturated rings. The number of carbonyl (C=O) groups excluding carboxylic acids is 3. The monoisotopic (exact) mass is 484 g/mol. The van der Waals surface area contributed by atoms with E-state index in [-0.39, 0.29) is 37.1 Å². The number of esters is 1. The minimum Gasteiger partial charge on any atom is -0.461 e. The van der Waals surface area contributed by atoms with Gasteiger partial charge in [0.05, 0.1) is 13.2 Å². The maximum atomic E-state index is 15.0. The third kappa shape index (κ3) is 5.09. The Labute approximate surface area is 204 Å². The Kier molecular flexibility index (Phi) is 7.52. The standard InChI is InChI=1S/C26H33FN4O4/c1-3-35-24(33)21-14-22-23(32)30(15-19-10-8-9-18(2)13-19)26(16-27,17-31(22)29-21)25(34)28-20-11-6-4-5-7-12-20/h8-10,13-14,20H,3-7,11-12,15-17H2,1-2H3,(H,28,34). The Morgan fingerprint density at radius 2 is 1.94 bits per heavy atom. The van der Waals surface area contributed by atoms with Gasteiger partial charge in [0, 0.05) is 18.7 Å². The fourth-order valence-corrected chi connectivity index (χ4v) is 5.01. The summed E-state index contributed by atoms with van der Waals surface area (Å²) in [5, 5.41) is 7.25. The lowest BCUT2D eigenvalue weighted by atomic mass is 9.92. The number of amides is 2. The van der Waals surface area contributed by atoms with E-state index in [1.807, 2.05) is 31.2 Å². The first-order valence-corrected chi connectivity index (χ1v) is 12.4. The van der Waals surface area contributed by atoms with Crippen molar-refractivity contribution in [2.75, 3.05) is 13.3 Å². The van der Waals surface area contributed by atoms with Gasteiger partial charge in [0.2, 0.25) is 0 Å². The van der Waals surface area contributed by atoms with Crippen molar-refractivity contribution in [3.05, 3.63) is 52.8 Å². The van der Waals surface area contributed by atoms with Crippen LogP contribution >= 0.6 is 0 Å². The number of ether oxygens (including phenoxy) is 1. The van der Waals surface area contributed by atoms with Crippen LogP contribution in [0.2, 0.25) is 0 Å². The number of nitrogens with zero attached hydrogens (tertiary/aromatic N) is 3. The van der Waals surface area contributed by atoms with Crippen molar-refractivity contribution < 1.29 is 23.5 Å². The maximum Gasteiger partial charge on any atom is 0.358 e. The van der Waals surface area contributed by atoms with E-state index in [1.54, 1.807) is 6.92 Å². The number of aryl methyl sites for hydroxylation is 1. The summed E-state index contributed by atoms with van der Waals surface area (Å²) in [6, 6.07) is 8.86. The lowest BCUT2D eigenvalue weighted by molar-refractivity contribution is -0.136. The molecule has 2 aromatic rings. The summed E-state index contributed by atoms with van der Waals surface area (Å²) in [5.41, 5.74) is 0.0990. The largest absolute Gasteiger partial charge is 0.461 e. The molecule has 0 bridgehead atoms. The molecule has 1 aliphatic carbocycles. The zero-order valence-electron chi connectivity index (χ0n) is 20.4. The van der Waals surface area contributed by atoms with Crippen LogP contribution in [0, 0.1) is 6.92 Å². The van der Waals surface area contributed by atoms with Gasteiger partial charge in [0.15, 0.2) is 11.2 Å². The van der Waals surface area contributed by atoms with E-state index >= 15 is 4.39 Å². The van der Waals surface area contributed by atoms with E-state index in [1.165, 1.54) is 15.6 Å². The van der Waals surface area contributed by atoms with Crippen molar-refractivity contribution in [3.8, 4) is 0 Å². The van der Waals surface area contributed by atoms with Gasteiger partial charge in [-0.25, -0.2) is 9.18 Å². The summed E-state index contributed by atoms with van der Waals surface area (Å²) in [7, 11) is 0. The molecule has 1 aromatic carbocycles. The molecule has 8 nitrogen and oxygen atoms in total. The number of alkyl halides is 1. The molecular formula is C26H33FN4O4. The number of hydrogen-bond acceptors (Lipinski definition) is 5. The predicted octanol–water partition coefficient (Wildman–Crippen LogP) is 3.57. The van der Waals surface area contributed by atoms with E-state index in [2.05, 4.69) is 10.4 Å². The van der Waals surface area contributed by atoms with Crippen LogP contribution in [0.5, 0.6) is 0 Å². The summed E-state index contributed by atoms with van der Waals surface area (Å²) in [6.45, 7) is 2.57. The van der Waals surface area contributed by atoms with E-state index in [9.17, 15) is 14.4 Å². The molecule has 0 spiro atoms. The number of aromatic nitrogens is 2. The Balaban J connectivity index is 1.72. The van der Waals surface area contributed by atoms with Crippen LogP contribution in [0.3, 0.4) is 0 Å². The van der Waals surface area contributed by atoms with Crippen LogP contribution in [0.25, 0.3) is 0 Å². The van der Waals surface area contributed by atoms with Gasteiger partial charge >= 0.3 is 5.97 Å². The van der Waals surface area contributed by atoms with E-state index in [4.69, 9.17) is 4.74 Å². The molecule has 4 rings (SSSR count). The average Bonchev–Trinajstić information content (AvgIpc) is 3.10. The first-order valence-electron chi connectivity index (χ1n) is 12.4. The highest BCUT2D eigenvalue weighted by molar-refractivity contribution is 6.01. The highest BCUT2D eigenvalue weighted by Gasteiger charge is 2.52. The molecule has 1 saturated carbocycles. The number of nitrogens with one attached hydrogen (secondary N) is 1. The molecule has 1 aromatic heterocycles. The molecule has 2 aliphatic rings. The molecule has 2 heterocycles. The molecule has 2 amide bonds. The number of hydrogen-bond donors (Lipinski definition) is 1. The fraction of sp³-hybridized carbons (Fsp3) is 0.538. The maximum absolute atomic E-state index is 15.0. The third-order valence-corrected chi connectivity index (χ3v) is 6.91. The number of halogens is 1. The second kappa shape index (κ2) is 10.6. The summed E-state index contributed by atoms with van der Waals surface area (Å²) in [5.74, 6) is -1.73. The summed E-state index contributed by atoms with van der Waals surface area (Å²) < 4.78 is 21.3. The van der Waals surface area contributed by atoms with Crippen LogP contribution in [0.1, 0.15) is 77.6 Å². The van der Waals surface area contributed by atoms with Gasteiger partial charge in [0.25, 0.3) is 11.8 Å². The second-order valence-electron chi connectivity index (χ2n) is 9.50. The van der Waals surface area contributed by atoms with Gasteiger partial charge in [-0.05, 0) is 32.3 Å². The highest BCUT2D eigenvalue weighted by Crippen LogP contribution is 2.31. The Morgan fingerprint density at radius 3 is 2.60 bits per heavy atom. The van der Waals surface area contributed by atoms with Gasteiger partial charge in [-0.3, -0.25) is 14.3 Å². The van der Waals surface area contributed by atoms with Crippen LogP contribution < -0.4 is 5.32 Å². The predicted molar refractivity (Wildman–Crippen MR) is 128 cm³/mol. The van der Waals surface area contributed by atoms with Crippen molar-refractivity contribution in [2.45, 2.75) is 77.0 Å². The summed E-state index contributed by atoms with van der Waals surface area (Å²) in [6.07, 6.45) is 5.91.